The molecule has 0 aromatic heterocycles. The lowest BCUT2D eigenvalue weighted by atomic mass is 10.1. The van der Waals surface area contributed by atoms with E-state index in [0.29, 0.717) is 11.1 Å². The highest BCUT2D eigenvalue weighted by atomic mass is 19.1. The number of methoxy groups -OCH3 is 2. The molecule has 19 nitrogen and oxygen atoms in total. The van der Waals surface area contributed by atoms with Crippen molar-refractivity contribution in [2.75, 3.05) is 67.0 Å². The zero-order valence-electron chi connectivity index (χ0n) is 37.8. The highest BCUT2D eigenvalue weighted by Gasteiger charge is 2.32. The predicted molar refractivity (Wildman–Crippen MR) is 225 cm³/mol. The van der Waals surface area contributed by atoms with Crippen LogP contribution in [0.4, 0.5) is 13.6 Å². The van der Waals surface area contributed by atoms with Crippen molar-refractivity contribution in [3.8, 4) is 23.0 Å². The Balaban J connectivity index is 1.13. The van der Waals surface area contributed by atoms with Gasteiger partial charge in [-0.05, 0) is 51.0 Å². The van der Waals surface area contributed by atoms with Gasteiger partial charge in [-0.3, -0.25) is 24.0 Å². The van der Waals surface area contributed by atoms with Crippen molar-refractivity contribution in [3.63, 3.8) is 0 Å². The van der Waals surface area contributed by atoms with Gasteiger partial charge in [0.2, 0.25) is 17.7 Å². The number of carbonyl (C=O) groups excluding carboxylic acids is 5. The van der Waals surface area contributed by atoms with E-state index >= 15 is 8.78 Å². The molecule has 2 aromatic rings. The highest BCUT2D eigenvalue weighted by Crippen LogP contribution is 2.40. The summed E-state index contributed by atoms with van der Waals surface area (Å²) in [6, 6.07) is 3.16. The standard InChI is InChI=1S/C44H60F2N4O15/c1-27(22-48-34(51)12-16-60-18-19-61-17-13-47-43(57)65-44(2,3)4)64-38(56)11-9-36(53)50-24-29-21-33(59-6)42(40(46)31(29)26-50)63-15-7-14-62-41-32(58-5)20-28-23-49(25-30(28)39(41)45)35(52)8-10-37(54)55/h20-21,27H,7-19,22-26H2,1-6H3,(H,47,57)(H,48,51)(H,54,55). The number of carboxylic acids is 1. The summed E-state index contributed by atoms with van der Waals surface area (Å²) in [5.41, 5.74) is 0.932. The maximum Gasteiger partial charge on any atom is 0.407 e. The minimum absolute atomic E-state index is 0.0444. The fourth-order valence-electron chi connectivity index (χ4n) is 6.69. The number of amides is 4. The summed E-state index contributed by atoms with van der Waals surface area (Å²) in [5, 5.41) is 14.1. The fraction of sp³-hybridized carbons (Fsp3) is 0.591. The van der Waals surface area contributed by atoms with Crippen molar-refractivity contribution in [2.24, 2.45) is 0 Å². The molecule has 2 aromatic carbocycles. The van der Waals surface area contributed by atoms with Crippen molar-refractivity contribution in [1.29, 1.82) is 0 Å². The molecular formula is C44H60F2N4O15. The first-order valence-electron chi connectivity index (χ1n) is 21.3. The number of hydrogen-bond acceptors (Lipinski definition) is 14. The van der Waals surface area contributed by atoms with Gasteiger partial charge in [-0.15, -0.1) is 0 Å². The molecule has 1 atom stereocenters. The van der Waals surface area contributed by atoms with E-state index in [-0.39, 0.29) is 157 Å². The summed E-state index contributed by atoms with van der Waals surface area (Å²) in [7, 11) is 2.70. The number of esters is 1. The molecule has 0 saturated heterocycles. The molecule has 2 aliphatic heterocycles. The van der Waals surface area contributed by atoms with Crippen LogP contribution in [-0.4, -0.2) is 129 Å². The molecule has 360 valence electrons. The normalized spacial score (nSPS) is 13.4. The van der Waals surface area contributed by atoms with Crippen LogP contribution >= 0.6 is 0 Å². The molecule has 0 bridgehead atoms. The van der Waals surface area contributed by atoms with E-state index < -0.39 is 53.2 Å². The van der Waals surface area contributed by atoms with Crippen molar-refractivity contribution < 1.29 is 80.5 Å². The van der Waals surface area contributed by atoms with Gasteiger partial charge >= 0.3 is 18.0 Å². The van der Waals surface area contributed by atoms with Gasteiger partial charge in [-0.25, -0.2) is 13.6 Å². The topological polar surface area (TPSA) is 227 Å². The molecule has 0 saturated carbocycles. The van der Waals surface area contributed by atoms with Crippen LogP contribution in [0.5, 0.6) is 23.0 Å². The largest absolute Gasteiger partial charge is 0.493 e. The molecule has 2 heterocycles. The van der Waals surface area contributed by atoms with E-state index in [4.69, 9.17) is 43.0 Å². The van der Waals surface area contributed by atoms with E-state index in [1.54, 1.807) is 39.8 Å². The van der Waals surface area contributed by atoms with Gasteiger partial charge in [0.25, 0.3) is 0 Å². The van der Waals surface area contributed by atoms with Crippen LogP contribution in [0.15, 0.2) is 12.1 Å². The maximum absolute atomic E-state index is 15.9. The molecule has 4 rings (SSSR count). The van der Waals surface area contributed by atoms with E-state index in [1.807, 2.05) is 0 Å². The van der Waals surface area contributed by atoms with Gasteiger partial charge in [-0.1, -0.05) is 0 Å². The zero-order chi connectivity index (χ0) is 47.7. The van der Waals surface area contributed by atoms with Crippen LogP contribution in [0.1, 0.15) is 88.5 Å². The summed E-state index contributed by atoms with van der Waals surface area (Å²) in [4.78, 5) is 75.5. The van der Waals surface area contributed by atoms with Gasteiger partial charge in [0.1, 0.15) is 11.7 Å². The molecular weight excluding hydrogens is 862 g/mol. The average molecular weight is 923 g/mol. The van der Waals surface area contributed by atoms with Crippen LogP contribution in [0.3, 0.4) is 0 Å². The number of carboxylic acid groups (broad SMARTS) is 1. The second kappa shape index (κ2) is 24.9. The Morgan fingerprint density at radius 1 is 0.708 bits per heavy atom. The first-order valence-corrected chi connectivity index (χ1v) is 21.3. The smallest absolute Gasteiger partial charge is 0.407 e. The Bertz CT molecular complexity index is 2010. The van der Waals surface area contributed by atoms with Gasteiger partial charge < -0.3 is 63.4 Å². The average Bonchev–Trinajstić information content (AvgIpc) is 3.89. The fourth-order valence-corrected chi connectivity index (χ4v) is 6.69. The van der Waals surface area contributed by atoms with Crippen molar-refractivity contribution in [3.05, 3.63) is 46.0 Å². The molecule has 4 amide bonds. The number of rotatable bonds is 26. The van der Waals surface area contributed by atoms with Crippen molar-refractivity contribution >= 4 is 35.8 Å². The van der Waals surface area contributed by atoms with E-state index in [2.05, 4.69) is 10.6 Å². The van der Waals surface area contributed by atoms with Gasteiger partial charge in [0, 0.05) is 69.5 Å². The van der Waals surface area contributed by atoms with Crippen LogP contribution < -0.4 is 29.6 Å². The predicted octanol–water partition coefficient (Wildman–Crippen LogP) is 4.16. The Labute approximate surface area is 376 Å². The molecule has 1 unspecified atom stereocenters. The number of halogens is 2. The molecule has 2 aliphatic rings. The number of fused-ring (bicyclic) bond motifs is 2. The number of carbonyl (C=O) groups is 6. The summed E-state index contributed by atoms with van der Waals surface area (Å²) >= 11 is 0. The molecule has 65 heavy (non-hydrogen) atoms. The van der Waals surface area contributed by atoms with Gasteiger partial charge in [0.05, 0.1) is 73.2 Å². The van der Waals surface area contributed by atoms with Crippen molar-refractivity contribution in [1.82, 2.24) is 20.4 Å². The zero-order valence-corrected chi connectivity index (χ0v) is 37.8. The third-order valence-corrected chi connectivity index (χ3v) is 9.88. The molecule has 21 heteroatoms. The third-order valence-electron chi connectivity index (χ3n) is 9.88. The number of hydrogen-bond donors (Lipinski definition) is 3. The highest BCUT2D eigenvalue weighted by molar-refractivity contribution is 5.82. The number of benzene rings is 2. The molecule has 0 fully saturated rings. The van der Waals surface area contributed by atoms with Gasteiger partial charge in [-0.2, -0.15) is 0 Å². The lowest BCUT2D eigenvalue weighted by Crippen LogP contribution is -2.34. The lowest BCUT2D eigenvalue weighted by molar-refractivity contribution is -0.150. The van der Waals surface area contributed by atoms with Gasteiger partial charge in [0.15, 0.2) is 34.6 Å². The maximum atomic E-state index is 15.9. The van der Waals surface area contributed by atoms with Crippen LogP contribution in [0.25, 0.3) is 0 Å². The molecule has 0 radical (unpaired) electrons. The lowest BCUT2D eigenvalue weighted by Gasteiger charge is -2.19. The monoisotopic (exact) mass is 922 g/mol. The van der Waals surface area contributed by atoms with E-state index in [1.165, 1.54) is 24.0 Å². The molecule has 3 N–H and O–H groups in total. The number of nitrogens with zero attached hydrogens (tertiary/aromatic N) is 2. The molecule has 0 aliphatic carbocycles. The number of alkyl carbamates (subject to hydrolysis) is 1. The minimum atomic E-state index is -1.11. The third kappa shape index (κ3) is 16.2. The van der Waals surface area contributed by atoms with E-state index in [9.17, 15) is 28.8 Å². The molecule has 0 spiro atoms. The first-order chi connectivity index (χ1) is 30.9. The number of ether oxygens (including phenoxy) is 8. The Kier molecular flexibility index (Phi) is 19.8. The second-order valence-corrected chi connectivity index (χ2v) is 16.2. The number of aliphatic carboxylic acids is 1. The van der Waals surface area contributed by atoms with Crippen LogP contribution in [0.2, 0.25) is 0 Å². The van der Waals surface area contributed by atoms with E-state index in [0.717, 1.165) is 0 Å². The van der Waals surface area contributed by atoms with Crippen LogP contribution in [-0.2, 0) is 69.1 Å². The quantitative estimate of drug-likeness (QED) is 0.0890. The van der Waals surface area contributed by atoms with Crippen molar-refractivity contribution in [2.45, 2.75) is 104 Å². The SMILES string of the molecule is COc1cc2c(c(F)c1OCCCOc1c(OC)cc3c(c1F)CN(C(=O)CCC(=O)OC(C)CNC(=O)CCOCCOCCNC(=O)OC(C)(C)C)C3)CN(C(=O)CCC(=O)O)C2. The summed E-state index contributed by atoms with van der Waals surface area (Å²) in [6.45, 7) is 8.15. The minimum Gasteiger partial charge on any atom is -0.493 e. The summed E-state index contributed by atoms with van der Waals surface area (Å²) in [6.07, 6.45) is -1.89. The number of nitrogens with one attached hydrogen (secondary N) is 2. The van der Waals surface area contributed by atoms with Crippen LogP contribution in [0, 0.1) is 11.6 Å². The first kappa shape index (κ1) is 51.7. The second-order valence-electron chi connectivity index (χ2n) is 16.2. The Hall–Kier alpha value is -5.96. The summed E-state index contributed by atoms with van der Waals surface area (Å²) in [5.74, 6) is -4.38. The summed E-state index contributed by atoms with van der Waals surface area (Å²) < 4.78 is 74.9. The Morgan fingerprint density at radius 2 is 1.23 bits per heavy atom. The Morgan fingerprint density at radius 3 is 1.74 bits per heavy atom.